The quantitative estimate of drug-likeness (QED) is 0.259. The Morgan fingerprint density at radius 1 is 0.900 bits per heavy atom. The zero-order chi connectivity index (χ0) is 35.3. The Kier molecular flexibility index (Phi) is 13.4. The summed E-state index contributed by atoms with van der Waals surface area (Å²) in [6.45, 7) is 29.1. The van der Waals surface area contributed by atoms with Crippen molar-refractivity contribution in [3.63, 3.8) is 0 Å². The van der Waals surface area contributed by atoms with Crippen molar-refractivity contribution in [1.82, 2.24) is 0 Å². The van der Waals surface area contributed by atoms with Gasteiger partial charge in [0.05, 0.1) is 0 Å². The van der Waals surface area contributed by atoms with Crippen LogP contribution < -0.4 is 24.8 Å². The number of hydrogen-bond acceptors (Lipinski definition) is 0. The van der Waals surface area contributed by atoms with Crippen LogP contribution in [0.5, 0.6) is 0 Å². The van der Waals surface area contributed by atoms with Crippen molar-refractivity contribution in [3.05, 3.63) is 135 Å². The number of benzene rings is 2. The minimum absolute atomic E-state index is 0. The predicted molar refractivity (Wildman–Crippen MR) is 206 cm³/mol. The van der Waals surface area contributed by atoms with E-state index in [2.05, 4.69) is 166 Å². The first-order valence-corrected chi connectivity index (χ1v) is 19.7. The second-order valence-electron chi connectivity index (χ2n) is 17.6. The minimum atomic E-state index is 0. The molecule has 0 heterocycles. The van der Waals surface area contributed by atoms with Crippen molar-refractivity contribution in [2.45, 2.75) is 114 Å². The number of fused-ring (bicyclic) bond motifs is 6. The van der Waals surface area contributed by atoms with Crippen LogP contribution in [0.15, 0.2) is 102 Å². The number of rotatable bonds is 2. The molecule has 0 saturated heterocycles. The molecule has 2 atom stereocenters. The first-order chi connectivity index (χ1) is 22.4. The van der Waals surface area contributed by atoms with E-state index in [9.17, 15) is 0 Å². The van der Waals surface area contributed by atoms with Gasteiger partial charge >= 0.3 is 70.3 Å². The summed E-state index contributed by atoms with van der Waals surface area (Å²) in [5, 5.41) is 0. The molecule has 3 heteroatoms. The number of hydrogen-bond donors (Lipinski definition) is 0. The maximum absolute atomic E-state index is 2.62. The average molecular weight is 787 g/mol. The molecule has 0 spiro atoms. The molecule has 0 aromatic heterocycles. The van der Waals surface area contributed by atoms with E-state index in [1.54, 1.807) is 28.2 Å². The van der Waals surface area contributed by atoms with E-state index in [-0.39, 0.29) is 46.5 Å². The SMILES string of the molecule is C[C-]1C2=C3Cc4ccccc4C3=C3C=CCCC3C2(C)C(C)(C)C(C)(C)C1(C)C.Cc1cc(C(C)(C)C)c[cH-]1.[Cl-].[Cl-].[Zr+2]=[CH]Cc1ccccc1. The van der Waals surface area contributed by atoms with Gasteiger partial charge < -0.3 is 24.8 Å². The van der Waals surface area contributed by atoms with Gasteiger partial charge in [-0.1, -0.05) is 147 Å². The monoisotopic (exact) mass is 784 g/mol. The molecule has 1 saturated carbocycles. The summed E-state index contributed by atoms with van der Waals surface area (Å²) in [5.41, 5.74) is 14.8. The standard InChI is InChI=1S/C29H37.C10H15.C8H8.2ClH.Zr/c1-18-25-22-17-19-13-9-10-14-20(19)24(22)21-15-11-12-16-23(21)29(25,8)28(6,7)27(4,5)26(18,2)3;1-8-5-6-9(7-8)10(2,3)4;1-2-8-6-4-3-5-7-8;;;/h9-11,13-15,23H,12,16-17H2,1-8H3;5-7H,1-4H3;1,3-7H,2H2;2*1H;/q2*-1;;;;+2/p-2. The van der Waals surface area contributed by atoms with Crippen molar-refractivity contribution in [3.8, 4) is 0 Å². The summed E-state index contributed by atoms with van der Waals surface area (Å²) in [4.78, 5) is 0. The fourth-order valence-corrected chi connectivity index (χ4v) is 9.91. The molecule has 0 radical (unpaired) electrons. The van der Waals surface area contributed by atoms with Crippen LogP contribution in [0.2, 0.25) is 0 Å². The third kappa shape index (κ3) is 7.12. The van der Waals surface area contributed by atoms with Gasteiger partial charge in [-0.05, 0) is 40.6 Å². The van der Waals surface area contributed by atoms with Gasteiger partial charge in [0.1, 0.15) is 0 Å². The zero-order valence-corrected chi connectivity index (χ0v) is 36.8. The van der Waals surface area contributed by atoms with Gasteiger partial charge in [0.2, 0.25) is 0 Å². The Hall–Kier alpha value is -1.79. The van der Waals surface area contributed by atoms with Crippen LogP contribution in [0, 0.1) is 40.4 Å². The number of aryl methyl sites for hydroxylation is 1. The molecule has 1 fully saturated rings. The summed E-state index contributed by atoms with van der Waals surface area (Å²) in [6.07, 6.45) is 9.63. The molecule has 50 heavy (non-hydrogen) atoms. The first kappa shape index (κ1) is 42.6. The molecular formula is C47H60Cl2Zr-2. The van der Waals surface area contributed by atoms with Crippen molar-refractivity contribution < 1.29 is 49.0 Å². The normalized spacial score (nSPS) is 23.3. The van der Waals surface area contributed by atoms with Gasteiger partial charge in [0.15, 0.2) is 0 Å². The van der Waals surface area contributed by atoms with Crippen LogP contribution in [-0.4, -0.2) is 3.71 Å². The van der Waals surface area contributed by atoms with Gasteiger partial charge in [0, 0.05) is 0 Å². The fraction of sp³-hybridized carbons (Fsp3) is 0.468. The Morgan fingerprint density at radius 2 is 1.52 bits per heavy atom. The van der Waals surface area contributed by atoms with Crippen molar-refractivity contribution in [1.29, 1.82) is 0 Å². The van der Waals surface area contributed by atoms with E-state index in [1.807, 2.05) is 6.07 Å². The summed E-state index contributed by atoms with van der Waals surface area (Å²) < 4.78 is 2.25. The first-order valence-electron chi connectivity index (χ1n) is 18.2. The van der Waals surface area contributed by atoms with Crippen LogP contribution in [-0.2, 0) is 42.5 Å². The second-order valence-corrected chi connectivity index (χ2v) is 18.6. The Balaban J connectivity index is 0.000000265. The van der Waals surface area contributed by atoms with Gasteiger partial charge in [-0.25, -0.2) is 12.0 Å². The van der Waals surface area contributed by atoms with Crippen molar-refractivity contribution in [2.24, 2.45) is 27.6 Å². The fourth-order valence-electron chi connectivity index (χ4n) is 9.33. The van der Waals surface area contributed by atoms with E-state index in [0.29, 0.717) is 11.3 Å². The predicted octanol–water partition coefficient (Wildman–Crippen LogP) is 6.56. The van der Waals surface area contributed by atoms with E-state index in [0.717, 1.165) is 12.8 Å². The third-order valence-electron chi connectivity index (χ3n) is 13.7. The molecule has 0 nitrogen and oxygen atoms in total. The van der Waals surface area contributed by atoms with E-state index < -0.39 is 0 Å². The molecule has 0 amide bonds. The Labute approximate surface area is 333 Å². The summed E-state index contributed by atoms with van der Waals surface area (Å²) in [7, 11) is 0. The molecule has 0 aliphatic heterocycles. The molecule has 7 rings (SSSR count). The van der Waals surface area contributed by atoms with E-state index >= 15 is 0 Å². The Morgan fingerprint density at radius 3 is 2.08 bits per heavy atom. The topological polar surface area (TPSA) is 0 Å². The van der Waals surface area contributed by atoms with Crippen LogP contribution in [0.4, 0.5) is 0 Å². The number of halogens is 2. The molecule has 268 valence electrons. The van der Waals surface area contributed by atoms with Gasteiger partial charge in [-0.15, -0.1) is 6.92 Å². The molecule has 3 aromatic carbocycles. The summed E-state index contributed by atoms with van der Waals surface area (Å²) in [5.74, 6) is 2.24. The van der Waals surface area contributed by atoms with Crippen molar-refractivity contribution >= 4 is 9.28 Å². The Bertz CT molecular complexity index is 1740. The van der Waals surface area contributed by atoms with E-state index in [1.165, 1.54) is 64.9 Å². The molecule has 0 bridgehead atoms. The zero-order valence-electron chi connectivity index (χ0n) is 32.8. The molecule has 4 aliphatic carbocycles. The second kappa shape index (κ2) is 15.7. The molecule has 0 N–H and O–H groups in total. The van der Waals surface area contributed by atoms with Crippen LogP contribution in [0.1, 0.15) is 117 Å². The maximum atomic E-state index is 2.62. The average Bonchev–Trinajstić information content (AvgIpc) is 3.66. The van der Waals surface area contributed by atoms with Crippen LogP contribution in [0.3, 0.4) is 0 Å². The van der Waals surface area contributed by atoms with E-state index in [4.69, 9.17) is 0 Å². The molecular weight excluding hydrogens is 727 g/mol. The molecule has 2 unspecified atom stereocenters. The number of allylic oxidation sites excluding steroid dienone is 6. The summed E-state index contributed by atoms with van der Waals surface area (Å²) >= 11 is 1.51. The van der Waals surface area contributed by atoms with Gasteiger partial charge in [-0.2, -0.15) is 34.4 Å². The summed E-state index contributed by atoms with van der Waals surface area (Å²) in [6, 6.07) is 26.3. The van der Waals surface area contributed by atoms with Crippen LogP contribution in [0.25, 0.3) is 5.57 Å². The molecule has 3 aromatic rings. The molecule has 4 aliphatic rings. The van der Waals surface area contributed by atoms with Crippen LogP contribution >= 0.6 is 0 Å². The van der Waals surface area contributed by atoms with Gasteiger partial charge in [0.25, 0.3) is 0 Å². The third-order valence-corrected chi connectivity index (χ3v) is 14.3. The van der Waals surface area contributed by atoms with Crippen molar-refractivity contribution in [2.75, 3.05) is 0 Å². The van der Waals surface area contributed by atoms with Gasteiger partial charge in [-0.3, -0.25) is 0 Å².